The molecule has 2 nitrogen and oxygen atoms in total. The van der Waals surface area contributed by atoms with E-state index < -0.39 is 0 Å². The van der Waals surface area contributed by atoms with E-state index in [4.69, 9.17) is 5.11 Å². The Morgan fingerprint density at radius 3 is 2.45 bits per heavy atom. The third kappa shape index (κ3) is 3.21. The van der Waals surface area contributed by atoms with Gasteiger partial charge in [-0.15, -0.1) is 0 Å². The summed E-state index contributed by atoms with van der Waals surface area (Å²) in [4.78, 5) is 2.35. The van der Waals surface area contributed by atoms with Gasteiger partial charge in [-0.1, -0.05) is 6.92 Å². The van der Waals surface area contributed by atoms with Crippen molar-refractivity contribution in [3.63, 3.8) is 0 Å². The van der Waals surface area contributed by atoms with Crippen LogP contribution in [0.2, 0.25) is 0 Å². The number of hydrogen-bond acceptors (Lipinski definition) is 2. The van der Waals surface area contributed by atoms with Crippen molar-refractivity contribution in [3.8, 4) is 0 Å². The molecule has 0 spiro atoms. The van der Waals surface area contributed by atoms with Crippen LogP contribution in [0.4, 0.5) is 0 Å². The summed E-state index contributed by atoms with van der Waals surface area (Å²) in [5, 5.41) is 9.13. The van der Waals surface area contributed by atoms with Crippen molar-refractivity contribution >= 4 is 0 Å². The second-order valence-corrected chi connectivity index (χ2v) is 3.83. The molecule has 0 aromatic rings. The van der Waals surface area contributed by atoms with Crippen molar-refractivity contribution < 1.29 is 5.11 Å². The van der Waals surface area contributed by atoms with Crippen LogP contribution in [0.15, 0.2) is 0 Å². The Bertz CT molecular complexity index is 106. The third-order valence-electron chi connectivity index (χ3n) is 2.40. The maximum absolute atomic E-state index is 9.13. The van der Waals surface area contributed by atoms with E-state index in [1.165, 1.54) is 25.9 Å². The van der Waals surface area contributed by atoms with Crippen molar-refractivity contribution in [3.05, 3.63) is 0 Å². The van der Waals surface area contributed by atoms with E-state index in [0.717, 1.165) is 12.5 Å². The smallest absolute Gasteiger partial charge is 0.0639 e. The number of rotatable bonds is 2. The van der Waals surface area contributed by atoms with Crippen molar-refractivity contribution in [2.45, 2.75) is 32.8 Å². The summed E-state index contributed by atoms with van der Waals surface area (Å²) in [6.45, 7) is 7.36. The molecule has 1 rings (SSSR count). The van der Waals surface area contributed by atoms with E-state index in [1.807, 2.05) is 6.92 Å². The van der Waals surface area contributed by atoms with Gasteiger partial charge in [-0.05, 0) is 38.8 Å². The molecular weight excluding hydrogens is 138 g/mol. The van der Waals surface area contributed by atoms with Gasteiger partial charge in [0.05, 0.1) is 6.10 Å². The van der Waals surface area contributed by atoms with Gasteiger partial charge in [-0.25, -0.2) is 0 Å². The van der Waals surface area contributed by atoms with Crippen LogP contribution in [0.25, 0.3) is 0 Å². The number of piperidine rings is 1. The van der Waals surface area contributed by atoms with Crippen LogP contribution >= 0.6 is 0 Å². The van der Waals surface area contributed by atoms with Crippen molar-refractivity contribution in [2.75, 3.05) is 19.6 Å². The first kappa shape index (κ1) is 9.01. The van der Waals surface area contributed by atoms with E-state index >= 15 is 0 Å². The van der Waals surface area contributed by atoms with Crippen molar-refractivity contribution in [1.82, 2.24) is 4.90 Å². The lowest BCUT2D eigenvalue weighted by molar-refractivity contribution is 0.103. The largest absolute Gasteiger partial charge is 0.392 e. The molecule has 1 atom stereocenters. The molecule has 66 valence electrons. The maximum atomic E-state index is 9.13. The summed E-state index contributed by atoms with van der Waals surface area (Å²) >= 11 is 0. The summed E-state index contributed by atoms with van der Waals surface area (Å²) in [5.41, 5.74) is 0. The van der Waals surface area contributed by atoms with Gasteiger partial charge in [0.2, 0.25) is 0 Å². The molecule has 0 aliphatic carbocycles. The molecular formula is C9H19NO. The molecule has 1 N–H and O–H groups in total. The predicted molar refractivity (Wildman–Crippen MR) is 46.5 cm³/mol. The zero-order chi connectivity index (χ0) is 8.27. The number of likely N-dealkylation sites (tertiary alicyclic amines) is 1. The van der Waals surface area contributed by atoms with Crippen LogP contribution < -0.4 is 0 Å². The molecule has 0 saturated carbocycles. The van der Waals surface area contributed by atoms with Crippen LogP contribution in [0, 0.1) is 5.92 Å². The Morgan fingerprint density at radius 2 is 2.00 bits per heavy atom. The average molecular weight is 157 g/mol. The van der Waals surface area contributed by atoms with Gasteiger partial charge in [-0.3, -0.25) is 0 Å². The first-order valence-corrected chi connectivity index (χ1v) is 4.59. The van der Waals surface area contributed by atoms with Gasteiger partial charge in [0.15, 0.2) is 0 Å². The van der Waals surface area contributed by atoms with E-state index in [1.54, 1.807) is 0 Å². The van der Waals surface area contributed by atoms with Gasteiger partial charge in [0, 0.05) is 6.54 Å². The number of β-amino-alcohol motifs (C(OH)–C–C–N with tert-alkyl or cyclic N) is 1. The number of aliphatic hydroxyl groups is 1. The quantitative estimate of drug-likeness (QED) is 0.649. The Kier molecular flexibility index (Phi) is 3.34. The molecule has 0 radical (unpaired) electrons. The molecule has 1 aliphatic heterocycles. The minimum atomic E-state index is -0.164. The monoisotopic (exact) mass is 157 g/mol. The molecule has 1 fully saturated rings. The lowest BCUT2D eigenvalue weighted by atomic mass is 9.99. The predicted octanol–water partition coefficient (Wildman–Crippen LogP) is 1.10. The van der Waals surface area contributed by atoms with Crippen LogP contribution in [0.1, 0.15) is 26.7 Å². The summed E-state index contributed by atoms with van der Waals surface area (Å²) < 4.78 is 0. The van der Waals surface area contributed by atoms with E-state index in [0.29, 0.717) is 0 Å². The van der Waals surface area contributed by atoms with Crippen LogP contribution in [-0.4, -0.2) is 35.7 Å². The fraction of sp³-hybridized carbons (Fsp3) is 1.00. The molecule has 1 aliphatic rings. The Hall–Kier alpha value is -0.0800. The van der Waals surface area contributed by atoms with Gasteiger partial charge >= 0.3 is 0 Å². The molecule has 0 bridgehead atoms. The molecule has 1 heterocycles. The Labute approximate surface area is 69.2 Å². The fourth-order valence-electron chi connectivity index (χ4n) is 1.62. The highest BCUT2D eigenvalue weighted by molar-refractivity contribution is 4.70. The summed E-state index contributed by atoms with van der Waals surface area (Å²) in [6, 6.07) is 0. The summed E-state index contributed by atoms with van der Waals surface area (Å²) in [6.07, 6.45) is 2.43. The average Bonchev–Trinajstić information content (AvgIpc) is 1.93. The fourth-order valence-corrected chi connectivity index (χ4v) is 1.62. The highest BCUT2D eigenvalue weighted by Crippen LogP contribution is 2.15. The van der Waals surface area contributed by atoms with E-state index in [2.05, 4.69) is 11.8 Å². The number of aliphatic hydroxyl groups excluding tert-OH is 1. The van der Waals surface area contributed by atoms with Gasteiger partial charge in [-0.2, -0.15) is 0 Å². The van der Waals surface area contributed by atoms with Crippen LogP contribution in [0.5, 0.6) is 0 Å². The normalized spacial score (nSPS) is 25.4. The van der Waals surface area contributed by atoms with E-state index in [-0.39, 0.29) is 6.10 Å². The highest BCUT2D eigenvalue weighted by atomic mass is 16.3. The highest BCUT2D eigenvalue weighted by Gasteiger charge is 2.16. The standard InChI is InChI=1S/C9H19NO/c1-8-3-5-10(6-4-8)7-9(2)11/h8-9,11H,3-7H2,1-2H3. The van der Waals surface area contributed by atoms with Gasteiger partial charge < -0.3 is 10.0 Å². The third-order valence-corrected chi connectivity index (χ3v) is 2.40. The number of hydrogen-bond donors (Lipinski definition) is 1. The lowest BCUT2D eigenvalue weighted by Crippen LogP contribution is -2.37. The Balaban J connectivity index is 2.17. The first-order chi connectivity index (χ1) is 5.18. The SMILES string of the molecule is CC(O)CN1CCC(C)CC1. The summed E-state index contributed by atoms with van der Waals surface area (Å²) in [7, 11) is 0. The Morgan fingerprint density at radius 1 is 1.45 bits per heavy atom. The van der Waals surface area contributed by atoms with E-state index in [9.17, 15) is 0 Å². The van der Waals surface area contributed by atoms with Crippen molar-refractivity contribution in [2.24, 2.45) is 5.92 Å². The molecule has 0 amide bonds. The second-order valence-electron chi connectivity index (χ2n) is 3.83. The van der Waals surface area contributed by atoms with Gasteiger partial charge in [0.1, 0.15) is 0 Å². The molecule has 1 unspecified atom stereocenters. The van der Waals surface area contributed by atoms with Gasteiger partial charge in [0.25, 0.3) is 0 Å². The molecule has 2 heteroatoms. The van der Waals surface area contributed by atoms with Crippen LogP contribution in [-0.2, 0) is 0 Å². The van der Waals surface area contributed by atoms with Crippen molar-refractivity contribution in [1.29, 1.82) is 0 Å². The van der Waals surface area contributed by atoms with Crippen LogP contribution in [0.3, 0.4) is 0 Å². The maximum Gasteiger partial charge on any atom is 0.0639 e. The summed E-state index contributed by atoms with van der Waals surface area (Å²) in [5.74, 6) is 0.889. The molecule has 0 aromatic carbocycles. The topological polar surface area (TPSA) is 23.5 Å². The zero-order valence-electron chi connectivity index (χ0n) is 7.58. The molecule has 0 aromatic heterocycles. The minimum absolute atomic E-state index is 0.164. The minimum Gasteiger partial charge on any atom is -0.392 e. The lowest BCUT2D eigenvalue weighted by Gasteiger charge is -2.30. The zero-order valence-corrected chi connectivity index (χ0v) is 7.58. The molecule has 1 saturated heterocycles. The second kappa shape index (κ2) is 4.07. The number of nitrogens with zero attached hydrogens (tertiary/aromatic N) is 1. The first-order valence-electron chi connectivity index (χ1n) is 4.59. The molecule has 11 heavy (non-hydrogen) atoms.